The van der Waals surface area contributed by atoms with E-state index in [2.05, 4.69) is 26.5 Å². The molecule has 0 radical (unpaired) electrons. The maximum atomic E-state index is 13.4. The van der Waals surface area contributed by atoms with Crippen LogP contribution in [0.25, 0.3) is 0 Å². The monoisotopic (exact) mass is 386 g/mol. The van der Waals surface area contributed by atoms with E-state index in [1.54, 1.807) is 18.2 Å². The van der Waals surface area contributed by atoms with Gasteiger partial charge in [-0.1, -0.05) is 12.1 Å². The molecule has 21 heavy (non-hydrogen) atoms. The van der Waals surface area contributed by atoms with Gasteiger partial charge in [0.05, 0.1) is 20.1 Å². The van der Waals surface area contributed by atoms with E-state index in [4.69, 9.17) is 0 Å². The molecule has 1 heterocycles. The van der Waals surface area contributed by atoms with Crippen molar-refractivity contribution < 1.29 is 9.18 Å². The molecular formula is C14H12BrFN2OS2. The summed E-state index contributed by atoms with van der Waals surface area (Å²) in [7, 11) is 0. The largest absolute Gasteiger partial charge is 0.272 e. The Morgan fingerprint density at radius 2 is 2.14 bits per heavy atom. The van der Waals surface area contributed by atoms with E-state index in [1.807, 2.05) is 19.1 Å². The molecule has 0 spiro atoms. The highest BCUT2D eigenvalue weighted by molar-refractivity contribution is 9.11. The number of hydrogen-bond donors (Lipinski definition) is 1. The van der Waals surface area contributed by atoms with Crippen LogP contribution < -0.4 is 5.43 Å². The van der Waals surface area contributed by atoms with Gasteiger partial charge < -0.3 is 0 Å². The summed E-state index contributed by atoms with van der Waals surface area (Å²) in [4.78, 5) is 13.1. The molecule has 0 bridgehead atoms. The summed E-state index contributed by atoms with van der Waals surface area (Å²) < 4.78 is 14.4. The van der Waals surface area contributed by atoms with E-state index in [-0.39, 0.29) is 17.5 Å². The third-order valence-electron chi connectivity index (χ3n) is 2.47. The van der Waals surface area contributed by atoms with Gasteiger partial charge in [-0.15, -0.1) is 23.1 Å². The minimum absolute atomic E-state index is 0.117. The predicted octanol–water partition coefficient (Wildman–Crippen LogP) is 4.28. The van der Waals surface area contributed by atoms with Gasteiger partial charge in [-0.3, -0.25) is 4.79 Å². The molecular weight excluding hydrogens is 375 g/mol. The van der Waals surface area contributed by atoms with E-state index in [0.717, 1.165) is 26.1 Å². The van der Waals surface area contributed by atoms with Crippen LogP contribution in [0.1, 0.15) is 11.8 Å². The van der Waals surface area contributed by atoms with Gasteiger partial charge in [-0.05, 0) is 47.1 Å². The molecule has 1 N–H and O–H groups in total. The van der Waals surface area contributed by atoms with Crippen molar-refractivity contribution in [2.75, 3.05) is 5.75 Å². The summed E-state index contributed by atoms with van der Waals surface area (Å²) in [5.41, 5.74) is 3.21. The van der Waals surface area contributed by atoms with Crippen molar-refractivity contribution in [3.05, 3.63) is 50.9 Å². The van der Waals surface area contributed by atoms with Crippen molar-refractivity contribution in [3.8, 4) is 0 Å². The highest BCUT2D eigenvalue weighted by Crippen LogP contribution is 2.23. The number of benzene rings is 1. The zero-order chi connectivity index (χ0) is 15.2. The van der Waals surface area contributed by atoms with E-state index >= 15 is 0 Å². The van der Waals surface area contributed by atoms with Crippen LogP contribution in [0.15, 0.2) is 50.2 Å². The fourth-order valence-electron chi connectivity index (χ4n) is 1.45. The number of hydrazone groups is 1. The number of halogens is 2. The normalized spacial score (nSPS) is 11.5. The van der Waals surface area contributed by atoms with Gasteiger partial charge in [0, 0.05) is 4.90 Å². The topological polar surface area (TPSA) is 41.5 Å². The first-order valence-corrected chi connectivity index (χ1v) is 8.62. The molecule has 0 atom stereocenters. The van der Waals surface area contributed by atoms with Gasteiger partial charge in [-0.2, -0.15) is 5.10 Å². The quantitative estimate of drug-likeness (QED) is 0.473. The first-order valence-electron chi connectivity index (χ1n) is 6.02. The summed E-state index contributed by atoms with van der Waals surface area (Å²) in [5, 5.41) is 4.04. The van der Waals surface area contributed by atoms with Crippen molar-refractivity contribution in [1.29, 1.82) is 0 Å². The van der Waals surface area contributed by atoms with Gasteiger partial charge in [0.15, 0.2) is 0 Å². The van der Waals surface area contributed by atoms with Crippen LogP contribution in [0.4, 0.5) is 4.39 Å². The second-order valence-corrected chi connectivity index (χ2v) is 7.54. The lowest BCUT2D eigenvalue weighted by Crippen LogP contribution is -2.21. The molecule has 0 aliphatic rings. The highest BCUT2D eigenvalue weighted by atomic mass is 79.9. The molecule has 1 aromatic carbocycles. The van der Waals surface area contributed by atoms with Crippen LogP contribution in [0.5, 0.6) is 0 Å². The average molecular weight is 387 g/mol. The minimum atomic E-state index is -0.321. The fraction of sp³-hybridized carbons (Fsp3) is 0.143. The SMILES string of the molecule is C/C(=N/NC(=O)CSc1ccccc1F)c1ccc(Br)s1. The summed E-state index contributed by atoms with van der Waals surface area (Å²) in [5.74, 6) is -0.470. The third kappa shape index (κ3) is 4.94. The van der Waals surface area contributed by atoms with Gasteiger partial charge >= 0.3 is 0 Å². The van der Waals surface area contributed by atoms with Crippen molar-refractivity contribution in [2.45, 2.75) is 11.8 Å². The molecule has 110 valence electrons. The standard InChI is InChI=1S/C14H12BrFN2OS2/c1-9(11-6-7-13(15)21-11)17-18-14(19)8-20-12-5-3-2-4-10(12)16/h2-7H,8H2,1H3,(H,18,19)/b17-9-. The van der Waals surface area contributed by atoms with Crippen LogP contribution in [0.2, 0.25) is 0 Å². The van der Waals surface area contributed by atoms with E-state index in [0.29, 0.717) is 4.90 Å². The van der Waals surface area contributed by atoms with Crippen LogP contribution in [0.3, 0.4) is 0 Å². The molecule has 0 aliphatic heterocycles. The Morgan fingerprint density at radius 3 is 2.81 bits per heavy atom. The zero-order valence-electron chi connectivity index (χ0n) is 11.1. The molecule has 2 aromatic rings. The number of nitrogens with one attached hydrogen (secondary N) is 1. The van der Waals surface area contributed by atoms with E-state index in [9.17, 15) is 9.18 Å². The van der Waals surface area contributed by atoms with Crippen LogP contribution in [-0.2, 0) is 4.79 Å². The molecule has 0 unspecified atom stereocenters. The maximum absolute atomic E-state index is 13.4. The highest BCUT2D eigenvalue weighted by Gasteiger charge is 2.06. The summed E-state index contributed by atoms with van der Waals surface area (Å²) in [6, 6.07) is 10.2. The molecule has 0 aliphatic carbocycles. The lowest BCUT2D eigenvalue weighted by atomic mass is 10.3. The smallest absolute Gasteiger partial charge is 0.250 e. The molecule has 3 nitrogen and oxygen atoms in total. The number of carbonyl (C=O) groups is 1. The van der Waals surface area contributed by atoms with Crippen LogP contribution in [-0.4, -0.2) is 17.4 Å². The molecule has 0 saturated carbocycles. The minimum Gasteiger partial charge on any atom is -0.272 e. The predicted molar refractivity (Wildman–Crippen MR) is 89.5 cm³/mol. The summed E-state index contributed by atoms with van der Waals surface area (Å²) >= 11 is 6.06. The Kier molecular flexibility index (Phi) is 5.96. The Balaban J connectivity index is 1.86. The molecule has 1 amide bonds. The summed E-state index contributed by atoms with van der Waals surface area (Å²) in [6.45, 7) is 1.82. The Bertz CT molecular complexity index is 672. The second kappa shape index (κ2) is 7.72. The van der Waals surface area contributed by atoms with Crippen LogP contribution >= 0.6 is 39.0 Å². The lowest BCUT2D eigenvalue weighted by Gasteiger charge is -2.03. The second-order valence-electron chi connectivity index (χ2n) is 4.06. The number of thiophene rings is 1. The number of nitrogens with zero attached hydrogens (tertiary/aromatic N) is 1. The van der Waals surface area contributed by atoms with Gasteiger partial charge in [-0.25, -0.2) is 9.82 Å². The van der Waals surface area contributed by atoms with Gasteiger partial charge in [0.2, 0.25) is 5.91 Å². The average Bonchev–Trinajstić information content (AvgIpc) is 2.90. The molecule has 0 fully saturated rings. The molecule has 1 aromatic heterocycles. The number of amides is 1. The number of rotatable bonds is 5. The summed E-state index contributed by atoms with van der Waals surface area (Å²) in [6.07, 6.45) is 0. The Labute approximate surface area is 138 Å². The fourth-order valence-corrected chi connectivity index (χ4v) is 3.51. The first kappa shape index (κ1) is 16.2. The van der Waals surface area contributed by atoms with Crippen molar-refractivity contribution >= 4 is 50.6 Å². The Morgan fingerprint density at radius 1 is 1.38 bits per heavy atom. The molecule has 7 heteroatoms. The lowest BCUT2D eigenvalue weighted by molar-refractivity contribution is -0.118. The molecule has 0 saturated heterocycles. The van der Waals surface area contributed by atoms with Crippen molar-refractivity contribution in [3.63, 3.8) is 0 Å². The maximum Gasteiger partial charge on any atom is 0.250 e. The third-order valence-corrected chi connectivity index (χ3v) is 5.25. The van der Waals surface area contributed by atoms with E-state index < -0.39 is 0 Å². The van der Waals surface area contributed by atoms with E-state index in [1.165, 1.54) is 17.4 Å². The Hall–Kier alpha value is -1.18. The zero-order valence-corrected chi connectivity index (χ0v) is 14.3. The van der Waals surface area contributed by atoms with Gasteiger partial charge in [0.1, 0.15) is 5.82 Å². The number of hydrogen-bond acceptors (Lipinski definition) is 4. The van der Waals surface area contributed by atoms with Crippen LogP contribution in [0, 0.1) is 5.82 Å². The first-order chi connectivity index (χ1) is 10.1. The van der Waals surface area contributed by atoms with Gasteiger partial charge in [0.25, 0.3) is 0 Å². The molecule has 2 rings (SSSR count). The number of carbonyl (C=O) groups excluding carboxylic acids is 1. The van der Waals surface area contributed by atoms with Crippen molar-refractivity contribution in [1.82, 2.24) is 5.43 Å². The van der Waals surface area contributed by atoms with Crippen molar-refractivity contribution in [2.24, 2.45) is 5.10 Å². The number of thioether (sulfide) groups is 1.